The van der Waals surface area contributed by atoms with Gasteiger partial charge >= 0.3 is 12.2 Å². The molecule has 3 aromatic carbocycles. The van der Waals surface area contributed by atoms with E-state index >= 15 is 8.78 Å². The van der Waals surface area contributed by atoms with Gasteiger partial charge in [-0.05, 0) is 115 Å². The Balaban J connectivity index is 0.897. The number of halogens is 2. The van der Waals surface area contributed by atoms with Crippen LogP contribution in [-0.4, -0.2) is 92.6 Å². The van der Waals surface area contributed by atoms with Crippen LogP contribution in [0.15, 0.2) is 72.9 Å². The number of nitrogens with zero attached hydrogens (tertiary/aromatic N) is 4. The highest BCUT2D eigenvalue weighted by Gasteiger charge is 2.55. The zero-order valence-electron chi connectivity index (χ0n) is 37.0. The molecular weight excluding hydrogens is 835 g/mol. The second kappa shape index (κ2) is 15.5. The van der Waals surface area contributed by atoms with Gasteiger partial charge in [0, 0.05) is 29.3 Å². The number of likely N-dealkylation sites (tertiary alicyclic amines) is 2. The number of methoxy groups -OCH3 is 2. The summed E-state index contributed by atoms with van der Waals surface area (Å²) in [4.78, 5) is 72.4. The van der Waals surface area contributed by atoms with Crippen molar-refractivity contribution in [3.8, 4) is 33.5 Å². The van der Waals surface area contributed by atoms with Crippen molar-refractivity contribution in [1.29, 1.82) is 0 Å². The first-order chi connectivity index (χ1) is 31.1. The van der Waals surface area contributed by atoms with Crippen molar-refractivity contribution in [2.45, 2.75) is 95.4 Å². The van der Waals surface area contributed by atoms with Crippen molar-refractivity contribution < 1.29 is 37.4 Å². The Morgan fingerprint density at radius 2 is 1.52 bits per heavy atom. The maximum absolute atomic E-state index is 16.7. The lowest BCUT2D eigenvalue weighted by atomic mass is 9.95. The molecular formula is C49H52F2N8O6. The smallest absolute Gasteiger partial charge is 0.407 e. The molecule has 6 atom stereocenters. The molecule has 16 heteroatoms. The molecule has 4 fully saturated rings. The average molecular weight is 887 g/mol. The first-order valence-corrected chi connectivity index (χ1v) is 22.3. The molecule has 4 N–H and O–H groups in total. The first kappa shape index (κ1) is 42.4. The standard InChI is InChI=1S/C49H52F2N8O6/c1-24(2)39(56-46(62)64-5)44(60)58-23-48(15-16-48)21-38(58)42-52-22-37(55-42)28-9-13-32-31-12-8-26(18-33(31)49(50,51)34(32)19-28)27-10-14-35-36(20-27)54-43(53-35)41-29-7-11-30(17-29)59(41)45(61)40(25(3)4)57-47(63)65-6/h8-10,12-14,18-20,22,25,29-30,38-41H,1,7,11,15-17,21,23H2,2-6H3,(H,52,55)(H,53,54)(H,56,62)(H,57,63)/t29-,30+,38-,39-,40-,41-/m0/s1. The van der Waals surface area contributed by atoms with Crippen LogP contribution in [0.5, 0.6) is 0 Å². The van der Waals surface area contributed by atoms with Gasteiger partial charge in [0.2, 0.25) is 11.8 Å². The number of aromatic nitrogens is 4. The van der Waals surface area contributed by atoms with Gasteiger partial charge in [-0.1, -0.05) is 50.8 Å². The Morgan fingerprint density at radius 3 is 2.20 bits per heavy atom. The van der Waals surface area contributed by atoms with Crippen molar-refractivity contribution in [2.75, 3.05) is 20.8 Å². The monoisotopic (exact) mass is 886 g/mol. The maximum atomic E-state index is 16.7. The molecule has 2 bridgehead atoms. The SMILES string of the molecule is C=C(C)[C@H](NC(=O)OC)C(=O)N1CC2(CC2)C[C@H]1c1ncc(-c2ccc3c(c2)C(F)(F)c2cc(-c4ccc5nc([C@@H]6[C@H]7CC[C@H](C7)N6C(=O)[C@@H](NC(=O)OC)C(C)C)[nH]c5c4)ccc2-3)[nH]1. The Bertz CT molecular complexity index is 2790. The van der Waals surface area contributed by atoms with Crippen molar-refractivity contribution >= 4 is 35.0 Å². The second-order valence-corrected chi connectivity index (χ2v) is 19.0. The summed E-state index contributed by atoms with van der Waals surface area (Å²) in [6.45, 7) is 9.90. The summed E-state index contributed by atoms with van der Waals surface area (Å²) in [7, 11) is 2.51. The number of fused-ring (bicyclic) bond motifs is 6. The Hall–Kier alpha value is -6.58. The predicted octanol–water partition coefficient (Wildman–Crippen LogP) is 8.53. The number of ether oxygens (including phenoxy) is 2. The molecule has 5 aromatic rings. The summed E-state index contributed by atoms with van der Waals surface area (Å²) >= 11 is 0. The van der Waals surface area contributed by atoms with Crippen LogP contribution in [0.25, 0.3) is 44.5 Å². The van der Waals surface area contributed by atoms with Gasteiger partial charge in [-0.25, -0.2) is 19.6 Å². The van der Waals surface area contributed by atoms with Crippen LogP contribution in [0.1, 0.15) is 94.2 Å². The highest BCUT2D eigenvalue weighted by atomic mass is 19.3. The summed E-state index contributed by atoms with van der Waals surface area (Å²) < 4.78 is 42.9. The fourth-order valence-electron chi connectivity index (χ4n) is 10.9. The summed E-state index contributed by atoms with van der Waals surface area (Å²) in [5.41, 5.74) is 5.04. The van der Waals surface area contributed by atoms with E-state index in [0.717, 1.165) is 43.2 Å². The lowest BCUT2D eigenvalue weighted by Gasteiger charge is -2.37. The summed E-state index contributed by atoms with van der Waals surface area (Å²) in [6.07, 6.45) is 5.59. The van der Waals surface area contributed by atoms with Crippen LogP contribution in [0.4, 0.5) is 18.4 Å². The Kier molecular flexibility index (Phi) is 10.1. The number of alkyl halides is 2. The van der Waals surface area contributed by atoms with Gasteiger partial charge in [0.25, 0.3) is 5.92 Å². The summed E-state index contributed by atoms with van der Waals surface area (Å²) in [5, 5.41) is 5.33. The van der Waals surface area contributed by atoms with Gasteiger partial charge in [0.15, 0.2) is 0 Å². The number of nitrogens with one attached hydrogen (secondary N) is 4. The third-order valence-corrected chi connectivity index (χ3v) is 14.5. The number of carbonyl (C=O) groups excluding carboxylic acids is 4. The minimum atomic E-state index is -3.30. The van der Waals surface area contributed by atoms with Crippen molar-refractivity contribution in [3.63, 3.8) is 0 Å². The number of rotatable bonds is 10. The van der Waals surface area contributed by atoms with Gasteiger partial charge < -0.3 is 39.9 Å². The van der Waals surface area contributed by atoms with Gasteiger partial charge in [-0.3, -0.25) is 9.59 Å². The highest BCUT2D eigenvalue weighted by molar-refractivity contribution is 5.90. The lowest BCUT2D eigenvalue weighted by Crippen LogP contribution is -2.54. The molecule has 3 aliphatic carbocycles. The van der Waals surface area contributed by atoms with E-state index in [9.17, 15) is 19.2 Å². The van der Waals surface area contributed by atoms with E-state index in [2.05, 4.69) is 32.2 Å². The summed E-state index contributed by atoms with van der Waals surface area (Å²) in [6, 6.07) is 13.5. The molecule has 0 unspecified atom stereocenters. The maximum Gasteiger partial charge on any atom is 0.407 e. The topological polar surface area (TPSA) is 175 Å². The normalized spacial score (nSPS) is 22.8. The quantitative estimate of drug-likeness (QED) is 0.101. The molecule has 2 saturated carbocycles. The molecule has 4 heterocycles. The minimum absolute atomic E-state index is 0.0195. The Morgan fingerprint density at radius 1 is 0.862 bits per heavy atom. The van der Waals surface area contributed by atoms with E-state index in [1.165, 1.54) is 20.3 Å². The molecule has 0 radical (unpaired) electrons. The number of piperidine rings is 1. The van der Waals surface area contributed by atoms with Gasteiger partial charge in [-0.15, -0.1) is 0 Å². The van der Waals surface area contributed by atoms with E-state index in [0.29, 0.717) is 63.7 Å². The number of benzene rings is 3. The number of hydrogen-bond donors (Lipinski definition) is 4. The summed E-state index contributed by atoms with van der Waals surface area (Å²) in [5.74, 6) is -2.50. The zero-order valence-corrected chi connectivity index (χ0v) is 37.0. The van der Waals surface area contributed by atoms with Crippen molar-refractivity contribution in [2.24, 2.45) is 17.3 Å². The number of carbonyl (C=O) groups is 4. The third-order valence-electron chi connectivity index (χ3n) is 14.5. The zero-order chi connectivity index (χ0) is 45.7. The number of alkyl carbamates (subject to hydrolysis) is 2. The van der Waals surface area contributed by atoms with Crippen molar-refractivity contribution in [3.05, 3.63) is 95.7 Å². The van der Waals surface area contributed by atoms with Crippen LogP contribution < -0.4 is 10.6 Å². The molecule has 65 heavy (non-hydrogen) atoms. The predicted molar refractivity (Wildman–Crippen MR) is 237 cm³/mol. The molecule has 2 saturated heterocycles. The van der Waals surface area contributed by atoms with E-state index in [1.807, 2.05) is 43.0 Å². The molecule has 4 amide bonds. The van der Waals surface area contributed by atoms with Crippen LogP contribution in [-0.2, 0) is 25.0 Å². The fraction of sp³-hybridized carbons (Fsp3) is 0.429. The molecule has 338 valence electrons. The third kappa shape index (κ3) is 7.12. The number of H-pyrrole nitrogens is 2. The van der Waals surface area contributed by atoms with E-state index < -0.39 is 36.2 Å². The van der Waals surface area contributed by atoms with E-state index in [4.69, 9.17) is 14.5 Å². The van der Waals surface area contributed by atoms with Gasteiger partial charge in [0.05, 0.1) is 49.2 Å². The Labute approximate surface area is 374 Å². The fourth-order valence-corrected chi connectivity index (χ4v) is 10.9. The number of imidazole rings is 2. The van der Waals surface area contributed by atoms with Gasteiger partial charge in [-0.2, -0.15) is 8.78 Å². The van der Waals surface area contributed by atoms with E-state index in [1.54, 1.807) is 42.3 Å². The molecule has 14 nitrogen and oxygen atoms in total. The van der Waals surface area contributed by atoms with Crippen LogP contribution in [0, 0.1) is 17.3 Å². The number of amides is 4. The molecule has 1 spiro atoms. The van der Waals surface area contributed by atoms with Gasteiger partial charge in [0.1, 0.15) is 23.7 Å². The first-order valence-electron chi connectivity index (χ1n) is 22.3. The largest absolute Gasteiger partial charge is 0.453 e. The molecule has 2 aromatic heterocycles. The lowest BCUT2D eigenvalue weighted by molar-refractivity contribution is -0.139. The number of hydrogen-bond acceptors (Lipinski definition) is 8. The molecule has 5 aliphatic rings. The van der Waals surface area contributed by atoms with Crippen LogP contribution >= 0.6 is 0 Å². The van der Waals surface area contributed by atoms with Crippen LogP contribution in [0.2, 0.25) is 0 Å². The molecule has 10 rings (SSSR count). The molecule has 2 aliphatic heterocycles. The number of aromatic amines is 2. The minimum Gasteiger partial charge on any atom is -0.453 e. The average Bonchev–Trinajstić information content (AvgIpc) is 3.95. The van der Waals surface area contributed by atoms with Crippen molar-refractivity contribution in [1.82, 2.24) is 40.4 Å². The highest BCUT2D eigenvalue weighted by Crippen LogP contribution is 2.59. The second-order valence-electron chi connectivity index (χ2n) is 19.0. The van der Waals surface area contributed by atoms with Crippen LogP contribution in [0.3, 0.4) is 0 Å². The van der Waals surface area contributed by atoms with E-state index in [-0.39, 0.29) is 52.3 Å².